The van der Waals surface area contributed by atoms with Crippen molar-refractivity contribution in [3.8, 4) is 0 Å². The first-order valence-electron chi connectivity index (χ1n) is 7.05. The molecule has 3 rings (SSSR count). The Bertz CT molecular complexity index is 594. The fourth-order valence-electron chi connectivity index (χ4n) is 2.57. The number of H-pyrrole nitrogens is 1. The predicted octanol–water partition coefficient (Wildman–Crippen LogP) is 0.529. The van der Waals surface area contributed by atoms with Crippen LogP contribution in [0, 0.1) is 5.92 Å². The van der Waals surface area contributed by atoms with Crippen LogP contribution in [0.2, 0.25) is 0 Å². The summed E-state index contributed by atoms with van der Waals surface area (Å²) in [7, 11) is 0. The van der Waals surface area contributed by atoms with Gasteiger partial charge in [0.05, 0.1) is 0 Å². The van der Waals surface area contributed by atoms with Crippen molar-refractivity contribution in [1.82, 2.24) is 30.0 Å². The number of hydrogen-bond donors (Lipinski definition) is 2. The highest BCUT2D eigenvalue weighted by Crippen LogP contribution is 2.31. The second kappa shape index (κ2) is 6.04. The average molecular weight is 290 g/mol. The Kier molecular flexibility index (Phi) is 3.96. The highest BCUT2D eigenvalue weighted by Gasteiger charge is 2.32. The number of nitrogens with zero attached hydrogens (tertiary/aromatic N) is 4. The number of nitrogens with one attached hydrogen (secondary N) is 2. The number of hydrogen-bond acceptors (Lipinski definition) is 5. The SMILES string of the molecule is CCn1ccnc1C(=O)NC[C@@H]1CCO[C@@H]1c1ncn[nH]1. The van der Waals surface area contributed by atoms with Crippen molar-refractivity contribution in [3.63, 3.8) is 0 Å². The smallest absolute Gasteiger partial charge is 0.287 e. The van der Waals surface area contributed by atoms with E-state index in [1.165, 1.54) is 6.33 Å². The van der Waals surface area contributed by atoms with E-state index in [1.54, 1.807) is 12.4 Å². The maximum atomic E-state index is 12.2. The third-order valence-corrected chi connectivity index (χ3v) is 3.70. The Morgan fingerprint density at radius 3 is 3.24 bits per heavy atom. The lowest BCUT2D eigenvalue weighted by Gasteiger charge is -2.16. The highest BCUT2D eigenvalue weighted by molar-refractivity contribution is 5.90. The van der Waals surface area contributed by atoms with Gasteiger partial charge in [0, 0.05) is 38.0 Å². The first kappa shape index (κ1) is 13.7. The average Bonchev–Trinajstić information content (AvgIpc) is 3.23. The molecule has 0 unspecified atom stereocenters. The molecular formula is C13H18N6O2. The van der Waals surface area contributed by atoms with E-state index in [-0.39, 0.29) is 17.9 Å². The number of aryl methyl sites for hydroxylation is 1. The molecule has 8 heteroatoms. The molecule has 1 fully saturated rings. The van der Waals surface area contributed by atoms with Crippen LogP contribution >= 0.6 is 0 Å². The number of amides is 1. The van der Waals surface area contributed by atoms with Gasteiger partial charge in [-0.2, -0.15) is 5.10 Å². The molecule has 1 amide bonds. The fourth-order valence-corrected chi connectivity index (χ4v) is 2.57. The molecule has 0 saturated carbocycles. The molecule has 1 aliphatic rings. The van der Waals surface area contributed by atoms with Crippen molar-refractivity contribution < 1.29 is 9.53 Å². The van der Waals surface area contributed by atoms with Gasteiger partial charge in [0.1, 0.15) is 12.4 Å². The zero-order valence-corrected chi connectivity index (χ0v) is 11.8. The quantitative estimate of drug-likeness (QED) is 0.837. The van der Waals surface area contributed by atoms with Gasteiger partial charge in [0.15, 0.2) is 11.6 Å². The molecule has 1 saturated heterocycles. The summed E-state index contributed by atoms with van der Waals surface area (Å²) in [4.78, 5) is 20.4. The van der Waals surface area contributed by atoms with Crippen molar-refractivity contribution in [3.05, 3.63) is 30.4 Å². The molecule has 2 aromatic rings. The molecule has 0 spiro atoms. The van der Waals surface area contributed by atoms with Crippen molar-refractivity contribution in [1.29, 1.82) is 0 Å². The third kappa shape index (κ3) is 2.80. The summed E-state index contributed by atoms with van der Waals surface area (Å²) < 4.78 is 7.49. The number of carbonyl (C=O) groups is 1. The third-order valence-electron chi connectivity index (χ3n) is 3.70. The topological polar surface area (TPSA) is 97.7 Å². The summed E-state index contributed by atoms with van der Waals surface area (Å²) in [6.07, 6.45) is 5.64. The van der Waals surface area contributed by atoms with E-state index in [0.29, 0.717) is 24.8 Å². The number of ether oxygens (including phenoxy) is 1. The minimum absolute atomic E-state index is 0.140. The Morgan fingerprint density at radius 2 is 2.48 bits per heavy atom. The Labute approximate surface area is 121 Å². The number of imidazole rings is 1. The Hall–Kier alpha value is -2.22. The minimum Gasteiger partial charge on any atom is -0.370 e. The number of rotatable bonds is 5. The maximum absolute atomic E-state index is 12.2. The second-order valence-electron chi connectivity index (χ2n) is 4.96. The molecule has 3 heterocycles. The summed E-state index contributed by atoms with van der Waals surface area (Å²) in [6.45, 7) is 3.88. The van der Waals surface area contributed by atoms with Gasteiger partial charge in [-0.1, -0.05) is 0 Å². The Morgan fingerprint density at radius 1 is 1.57 bits per heavy atom. The standard InChI is InChI=1S/C13H18N6O2/c1-2-19-5-4-14-12(19)13(20)15-7-9-3-6-21-10(9)11-16-8-17-18-11/h4-5,8-10H,2-3,6-7H2,1H3,(H,15,20)(H,16,17,18)/t9-,10-/m0/s1. The molecule has 8 nitrogen and oxygen atoms in total. The monoisotopic (exact) mass is 290 g/mol. The lowest BCUT2D eigenvalue weighted by atomic mass is 10.0. The zero-order valence-electron chi connectivity index (χ0n) is 11.8. The normalized spacial score (nSPS) is 21.6. The molecule has 0 bridgehead atoms. The van der Waals surface area contributed by atoms with Crippen LogP contribution in [0.15, 0.2) is 18.7 Å². The first-order valence-corrected chi connectivity index (χ1v) is 7.05. The largest absolute Gasteiger partial charge is 0.370 e. The number of aromatic nitrogens is 5. The fraction of sp³-hybridized carbons (Fsp3) is 0.538. The van der Waals surface area contributed by atoms with Crippen LogP contribution < -0.4 is 5.32 Å². The summed E-state index contributed by atoms with van der Waals surface area (Å²) in [5.41, 5.74) is 0. The van der Waals surface area contributed by atoms with Crippen molar-refractivity contribution in [2.24, 2.45) is 5.92 Å². The van der Waals surface area contributed by atoms with Gasteiger partial charge >= 0.3 is 0 Å². The van der Waals surface area contributed by atoms with Gasteiger partial charge in [-0.3, -0.25) is 9.89 Å². The van der Waals surface area contributed by atoms with Crippen LogP contribution in [0.5, 0.6) is 0 Å². The predicted molar refractivity (Wildman–Crippen MR) is 73.4 cm³/mol. The lowest BCUT2D eigenvalue weighted by molar-refractivity contribution is 0.0794. The molecule has 2 aromatic heterocycles. The highest BCUT2D eigenvalue weighted by atomic mass is 16.5. The molecule has 1 aliphatic heterocycles. The number of carbonyl (C=O) groups excluding carboxylic acids is 1. The molecule has 0 aliphatic carbocycles. The molecule has 0 radical (unpaired) electrons. The van der Waals surface area contributed by atoms with Crippen molar-refractivity contribution in [2.45, 2.75) is 26.0 Å². The molecule has 0 aromatic carbocycles. The molecule has 112 valence electrons. The van der Waals surface area contributed by atoms with Crippen LogP contribution in [0.25, 0.3) is 0 Å². The second-order valence-corrected chi connectivity index (χ2v) is 4.96. The van der Waals surface area contributed by atoms with Gasteiger partial charge in [-0.25, -0.2) is 9.97 Å². The van der Waals surface area contributed by atoms with Crippen LogP contribution in [0.3, 0.4) is 0 Å². The maximum Gasteiger partial charge on any atom is 0.287 e. The van der Waals surface area contributed by atoms with Crippen LogP contribution in [-0.4, -0.2) is 43.8 Å². The summed E-state index contributed by atoms with van der Waals surface area (Å²) in [6, 6.07) is 0. The summed E-state index contributed by atoms with van der Waals surface area (Å²) in [5, 5.41) is 9.60. The van der Waals surface area contributed by atoms with E-state index in [2.05, 4.69) is 25.5 Å². The summed E-state index contributed by atoms with van der Waals surface area (Å²) in [5.74, 6) is 1.17. The molecular weight excluding hydrogens is 272 g/mol. The van der Waals surface area contributed by atoms with Gasteiger partial charge in [-0.15, -0.1) is 0 Å². The summed E-state index contributed by atoms with van der Waals surface area (Å²) >= 11 is 0. The van der Waals surface area contributed by atoms with Crippen LogP contribution in [-0.2, 0) is 11.3 Å². The van der Waals surface area contributed by atoms with Crippen LogP contribution in [0.1, 0.15) is 35.9 Å². The van der Waals surface area contributed by atoms with E-state index in [9.17, 15) is 4.79 Å². The first-order chi connectivity index (χ1) is 10.3. The van der Waals surface area contributed by atoms with E-state index in [1.807, 2.05) is 11.5 Å². The van der Waals surface area contributed by atoms with Gasteiger partial charge in [0.2, 0.25) is 0 Å². The zero-order chi connectivity index (χ0) is 14.7. The van der Waals surface area contributed by atoms with Crippen LogP contribution in [0.4, 0.5) is 0 Å². The van der Waals surface area contributed by atoms with Gasteiger partial charge < -0.3 is 14.6 Å². The van der Waals surface area contributed by atoms with E-state index >= 15 is 0 Å². The molecule has 21 heavy (non-hydrogen) atoms. The van der Waals surface area contributed by atoms with Gasteiger partial charge in [-0.05, 0) is 13.3 Å². The van der Waals surface area contributed by atoms with E-state index < -0.39 is 0 Å². The Balaban J connectivity index is 1.61. The molecule has 2 atom stereocenters. The lowest BCUT2D eigenvalue weighted by Crippen LogP contribution is -2.32. The molecule has 2 N–H and O–H groups in total. The van der Waals surface area contributed by atoms with E-state index in [0.717, 1.165) is 13.0 Å². The number of aromatic amines is 1. The van der Waals surface area contributed by atoms with E-state index in [4.69, 9.17) is 4.74 Å². The van der Waals surface area contributed by atoms with Crippen molar-refractivity contribution in [2.75, 3.05) is 13.2 Å². The minimum atomic E-state index is -0.162. The van der Waals surface area contributed by atoms with Gasteiger partial charge in [0.25, 0.3) is 5.91 Å². The van der Waals surface area contributed by atoms with Crippen molar-refractivity contribution >= 4 is 5.91 Å².